The minimum absolute atomic E-state index is 0.0732. The number of aryl methyl sites for hydroxylation is 1. The van der Waals surface area contributed by atoms with E-state index in [-0.39, 0.29) is 18.2 Å². The molecule has 1 atom stereocenters. The summed E-state index contributed by atoms with van der Waals surface area (Å²) in [6.45, 7) is 2.45. The van der Waals surface area contributed by atoms with Gasteiger partial charge in [0.2, 0.25) is 15.9 Å². The van der Waals surface area contributed by atoms with Crippen LogP contribution in [0.3, 0.4) is 0 Å². The van der Waals surface area contributed by atoms with Crippen molar-refractivity contribution in [1.82, 2.24) is 4.31 Å². The standard InChI is InChI=1S/C22H27ClN2O5S/c1-15-7-4-5-8-17(15)14-31(27,28)25-10-6-9-16(13-25)22(26)24-19-12-20(29-2)18(23)11-21(19)30-3/h4-5,7-8,11-12,16H,6,9-10,13-14H2,1-3H3,(H,24,26)/t16-/m0/s1. The molecule has 0 saturated carbocycles. The number of amides is 1. The SMILES string of the molecule is COc1cc(NC(=O)[C@H]2CCCN(S(=O)(=O)Cc3ccccc3C)C2)c(OC)cc1Cl. The number of carbonyl (C=O) groups is 1. The van der Waals surface area contributed by atoms with E-state index in [1.807, 2.05) is 31.2 Å². The molecule has 2 aromatic carbocycles. The highest BCUT2D eigenvalue weighted by atomic mass is 35.5. The Bertz CT molecular complexity index is 1060. The summed E-state index contributed by atoms with van der Waals surface area (Å²) in [7, 11) is -0.572. The van der Waals surface area contributed by atoms with E-state index in [1.54, 1.807) is 12.1 Å². The summed E-state index contributed by atoms with van der Waals surface area (Å²) in [5, 5.41) is 3.20. The molecule has 2 aromatic rings. The molecular weight excluding hydrogens is 440 g/mol. The van der Waals surface area contributed by atoms with Gasteiger partial charge in [-0.05, 0) is 30.9 Å². The van der Waals surface area contributed by atoms with Crippen LogP contribution in [0.1, 0.15) is 24.0 Å². The summed E-state index contributed by atoms with van der Waals surface area (Å²) in [6.07, 6.45) is 1.22. The summed E-state index contributed by atoms with van der Waals surface area (Å²) in [5.74, 6) is 0.00373. The second-order valence-corrected chi connectivity index (χ2v) is 9.93. The number of sulfonamides is 1. The number of halogens is 1. The van der Waals surface area contributed by atoms with Crippen LogP contribution in [0.15, 0.2) is 36.4 Å². The van der Waals surface area contributed by atoms with E-state index in [2.05, 4.69) is 5.32 Å². The largest absolute Gasteiger partial charge is 0.495 e. The molecule has 7 nitrogen and oxygen atoms in total. The van der Waals surface area contributed by atoms with Crippen molar-refractivity contribution in [2.24, 2.45) is 5.92 Å². The Hall–Kier alpha value is -2.29. The number of anilines is 1. The fourth-order valence-electron chi connectivity index (χ4n) is 3.66. The van der Waals surface area contributed by atoms with Crippen molar-refractivity contribution in [1.29, 1.82) is 0 Å². The van der Waals surface area contributed by atoms with Gasteiger partial charge < -0.3 is 14.8 Å². The van der Waals surface area contributed by atoms with Crippen molar-refractivity contribution < 1.29 is 22.7 Å². The quantitative estimate of drug-likeness (QED) is 0.670. The van der Waals surface area contributed by atoms with Crippen molar-refractivity contribution in [3.05, 3.63) is 52.5 Å². The van der Waals surface area contributed by atoms with Gasteiger partial charge in [-0.1, -0.05) is 35.9 Å². The maximum absolute atomic E-state index is 13.0. The van der Waals surface area contributed by atoms with Crippen LogP contribution in [0.2, 0.25) is 5.02 Å². The highest BCUT2D eigenvalue weighted by Gasteiger charge is 2.33. The second kappa shape index (κ2) is 9.89. The smallest absolute Gasteiger partial charge is 0.228 e. The Morgan fingerprint density at radius 3 is 2.58 bits per heavy atom. The van der Waals surface area contributed by atoms with E-state index in [4.69, 9.17) is 21.1 Å². The number of hydrogen-bond donors (Lipinski definition) is 1. The topological polar surface area (TPSA) is 84.9 Å². The average Bonchev–Trinajstić information content (AvgIpc) is 2.76. The first kappa shape index (κ1) is 23.4. The number of benzene rings is 2. The Morgan fingerprint density at radius 2 is 1.90 bits per heavy atom. The molecule has 0 spiro atoms. The number of nitrogens with zero attached hydrogens (tertiary/aromatic N) is 1. The minimum atomic E-state index is -3.54. The number of nitrogens with one attached hydrogen (secondary N) is 1. The molecule has 0 unspecified atom stereocenters. The number of methoxy groups -OCH3 is 2. The van der Waals surface area contributed by atoms with Crippen LogP contribution in [-0.4, -0.2) is 45.9 Å². The highest BCUT2D eigenvalue weighted by molar-refractivity contribution is 7.88. The predicted octanol–water partition coefficient (Wildman–Crippen LogP) is 3.85. The van der Waals surface area contributed by atoms with Crippen LogP contribution in [0, 0.1) is 12.8 Å². The lowest BCUT2D eigenvalue weighted by atomic mass is 9.98. The molecule has 1 saturated heterocycles. The number of hydrogen-bond acceptors (Lipinski definition) is 5. The average molecular weight is 467 g/mol. The van der Waals surface area contributed by atoms with Gasteiger partial charge in [0.25, 0.3) is 0 Å². The first-order valence-corrected chi connectivity index (χ1v) is 12.0. The molecular formula is C22H27ClN2O5S. The second-order valence-electron chi connectivity index (χ2n) is 7.56. The molecule has 0 aromatic heterocycles. The van der Waals surface area contributed by atoms with Crippen molar-refractivity contribution in [3.8, 4) is 11.5 Å². The Labute approximate surface area is 188 Å². The van der Waals surface area contributed by atoms with E-state index in [1.165, 1.54) is 18.5 Å². The lowest BCUT2D eigenvalue weighted by Crippen LogP contribution is -2.44. The highest BCUT2D eigenvalue weighted by Crippen LogP contribution is 2.36. The van der Waals surface area contributed by atoms with Gasteiger partial charge in [-0.3, -0.25) is 4.79 Å². The molecule has 0 bridgehead atoms. The summed E-state index contributed by atoms with van der Waals surface area (Å²) >= 11 is 6.12. The van der Waals surface area contributed by atoms with E-state index < -0.39 is 15.9 Å². The van der Waals surface area contributed by atoms with Crippen molar-refractivity contribution in [3.63, 3.8) is 0 Å². The molecule has 1 aliphatic rings. The molecule has 3 rings (SSSR count). The Kier molecular flexibility index (Phi) is 7.46. The van der Waals surface area contributed by atoms with Crippen LogP contribution in [0.5, 0.6) is 11.5 Å². The zero-order valence-electron chi connectivity index (χ0n) is 17.9. The van der Waals surface area contributed by atoms with Crippen molar-refractivity contribution >= 4 is 33.2 Å². The van der Waals surface area contributed by atoms with Gasteiger partial charge in [0.1, 0.15) is 11.5 Å². The van der Waals surface area contributed by atoms with Gasteiger partial charge in [0, 0.05) is 25.2 Å². The van der Waals surface area contributed by atoms with E-state index in [9.17, 15) is 13.2 Å². The molecule has 1 aliphatic heterocycles. The number of carbonyl (C=O) groups excluding carboxylic acids is 1. The summed E-state index contributed by atoms with van der Waals surface area (Å²) in [4.78, 5) is 12.9. The fourth-order valence-corrected chi connectivity index (χ4v) is 5.61. The van der Waals surface area contributed by atoms with Crippen LogP contribution in [0.25, 0.3) is 0 Å². The van der Waals surface area contributed by atoms with Gasteiger partial charge in [-0.15, -0.1) is 0 Å². The summed E-state index contributed by atoms with van der Waals surface area (Å²) in [6, 6.07) is 10.6. The summed E-state index contributed by atoms with van der Waals surface area (Å²) < 4.78 is 37.9. The molecule has 0 radical (unpaired) electrons. The number of ether oxygens (including phenoxy) is 2. The Morgan fingerprint density at radius 1 is 1.19 bits per heavy atom. The number of piperidine rings is 1. The molecule has 9 heteroatoms. The minimum Gasteiger partial charge on any atom is -0.495 e. The van der Waals surface area contributed by atoms with Crippen molar-refractivity contribution in [2.45, 2.75) is 25.5 Å². The third kappa shape index (κ3) is 5.50. The lowest BCUT2D eigenvalue weighted by molar-refractivity contribution is -0.120. The Balaban J connectivity index is 1.73. The zero-order valence-corrected chi connectivity index (χ0v) is 19.4. The molecule has 1 fully saturated rings. The lowest BCUT2D eigenvalue weighted by Gasteiger charge is -2.31. The molecule has 31 heavy (non-hydrogen) atoms. The van der Waals surface area contributed by atoms with Gasteiger partial charge in [0.05, 0.1) is 36.6 Å². The molecule has 1 N–H and O–H groups in total. The van der Waals surface area contributed by atoms with E-state index in [0.29, 0.717) is 41.6 Å². The van der Waals surface area contributed by atoms with Crippen LogP contribution >= 0.6 is 11.6 Å². The molecule has 1 amide bonds. The third-order valence-corrected chi connectivity index (χ3v) is 7.57. The normalized spacial score (nSPS) is 17.2. The van der Waals surface area contributed by atoms with Gasteiger partial charge >= 0.3 is 0 Å². The van der Waals surface area contributed by atoms with Gasteiger partial charge in [-0.25, -0.2) is 12.7 Å². The van der Waals surface area contributed by atoms with E-state index >= 15 is 0 Å². The fraction of sp³-hybridized carbons (Fsp3) is 0.409. The zero-order chi connectivity index (χ0) is 22.6. The van der Waals surface area contributed by atoms with Gasteiger partial charge in [0.15, 0.2) is 0 Å². The first-order chi connectivity index (χ1) is 14.7. The molecule has 1 heterocycles. The van der Waals surface area contributed by atoms with Crippen LogP contribution in [-0.2, 0) is 20.6 Å². The molecule has 0 aliphatic carbocycles. The maximum Gasteiger partial charge on any atom is 0.228 e. The van der Waals surface area contributed by atoms with Gasteiger partial charge in [-0.2, -0.15) is 0 Å². The maximum atomic E-state index is 13.0. The van der Waals surface area contributed by atoms with Crippen LogP contribution in [0.4, 0.5) is 5.69 Å². The third-order valence-electron chi connectivity index (χ3n) is 5.48. The number of rotatable bonds is 7. The molecule has 168 valence electrons. The predicted molar refractivity (Wildman–Crippen MR) is 121 cm³/mol. The van der Waals surface area contributed by atoms with E-state index in [0.717, 1.165) is 11.1 Å². The van der Waals surface area contributed by atoms with Crippen LogP contribution < -0.4 is 14.8 Å². The first-order valence-electron chi connectivity index (χ1n) is 10.00. The van der Waals surface area contributed by atoms with Crippen molar-refractivity contribution in [2.75, 3.05) is 32.6 Å². The summed E-state index contributed by atoms with van der Waals surface area (Å²) in [5.41, 5.74) is 2.13. The monoisotopic (exact) mass is 466 g/mol.